The smallest absolute Gasteiger partial charge is 0.550 e. The Morgan fingerprint density at radius 2 is 1.92 bits per heavy atom. The molecule has 0 N–H and O–H groups in total. The number of carboxylic acid groups (broad SMARTS) is 1. The van der Waals surface area contributed by atoms with E-state index in [2.05, 4.69) is 18.9 Å². The molecule has 0 aromatic carbocycles. The van der Waals surface area contributed by atoms with Crippen LogP contribution in [0.15, 0.2) is 0 Å². The van der Waals surface area contributed by atoms with Crippen molar-refractivity contribution < 1.29 is 61.3 Å². The first-order valence-corrected chi connectivity index (χ1v) is 4.55. The van der Waals surface area contributed by atoms with Crippen molar-refractivity contribution in [3.05, 3.63) is 0 Å². The Hall–Kier alpha value is 1.07. The normalized spacial score (nSPS) is 9.77. The second-order valence-corrected chi connectivity index (χ2v) is 3.08. The number of carboxylic acids is 1. The third-order valence-electron chi connectivity index (χ3n) is 1.96. The molecule has 0 heterocycles. The Labute approximate surface area is 123 Å². The molecule has 0 bridgehead atoms. The molecule has 4 heteroatoms. The van der Waals surface area contributed by atoms with E-state index in [0.717, 1.165) is 32.4 Å². The van der Waals surface area contributed by atoms with Crippen LogP contribution in [0.5, 0.6) is 0 Å². The second kappa shape index (κ2) is 11.1. The number of carbonyl (C=O) groups excluding carboxylic acids is 1. The Morgan fingerprint density at radius 3 is 2.38 bits per heavy atom. The van der Waals surface area contributed by atoms with Crippen molar-refractivity contribution in [2.45, 2.75) is 32.6 Å². The first-order valence-electron chi connectivity index (χ1n) is 4.55. The van der Waals surface area contributed by atoms with Crippen LogP contribution in [-0.2, 0) is 4.79 Å². The molecule has 72 valence electrons. The molecule has 0 amide bonds. The molecule has 0 aliphatic rings. The van der Waals surface area contributed by atoms with Gasteiger partial charge in [0.25, 0.3) is 0 Å². The van der Waals surface area contributed by atoms with Gasteiger partial charge in [-0.15, -0.1) is 0 Å². The van der Waals surface area contributed by atoms with Gasteiger partial charge in [-0.25, -0.2) is 0 Å². The number of nitrogens with zero attached hydrogens (tertiary/aromatic N) is 1. The number of unbranched alkanes of at least 4 members (excludes halogenated alkanes) is 2. The van der Waals surface area contributed by atoms with E-state index in [-0.39, 0.29) is 57.8 Å². The Balaban J connectivity index is 0. The first kappa shape index (κ1) is 16.5. The molecule has 3 nitrogen and oxygen atoms in total. The van der Waals surface area contributed by atoms with Gasteiger partial charge in [0.15, 0.2) is 0 Å². The van der Waals surface area contributed by atoms with Crippen LogP contribution in [0.2, 0.25) is 0 Å². The minimum atomic E-state index is -0.932. The molecule has 0 radical (unpaired) electrons. The SMILES string of the molecule is CCN(C)CCCCCC(=O)[O-].[K+]. The van der Waals surface area contributed by atoms with Gasteiger partial charge < -0.3 is 14.8 Å². The second-order valence-electron chi connectivity index (χ2n) is 3.08. The van der Waals surface area contributed by atoms with E-state index in [4.69, 9.17) is 0 Å². The molecule has 0 unspecified atom stereocenters. The molecule has 0 aliphatic heterocycles. The van der Waals surface area contributed by atoms with Crippen molar-refractivity contribution in [3.63, 3.8) is 0 Å². The van der Waals surface area contributed by atoms with E-state index < -0.39 is 5.97 Å². The average molecular weight is 211 g/mol. The summed E-state index contributed by atoms with van der Waals surface area (Å²) in [5.74, 6) is -0.932. The summed E-state index contributed by atoms with van der Waals surface area (Å²) in [6.45, 7) is 4.23. The van der Waals surface area contributed by atoms with Crippen LogP contribution in [0.4, 0.5) is 0 Å². The minimum absolute atomic E-state index is 0. The molecule has 0 spiro atoms. The molecular weight excluding hydrogens is 193 g/mol. The molecule has 13 heavy (non-hydrogen) atoms. The molecule has 0 atom stereocenters. The van der Waals surface area contributed by atoms with Crippen molar-refractivity contribution >= 4 is 5.97 Å². The molecule has 0 rings (SSSR count). The van der Waals surface area contributed by atoms with Crippen molar-refractivity contribution in [2.24, 2.45) is 0 Å². The summed E-state index contributed by atoms with van der Waals surface area (Å²) in [5, 5.41) is 10.0. The van der Waals surface area contributed by atoms with Gasteiger partial charge in [0, 0.05) is 5.97 Å². The Morgan fingerprint density at radius 1 is 1.31 bits per heavy atom. The van der Waals surface area contributed by atoms with Crippen LogP contribution in [0, 0.1) is 0 Å². The van der Waals surface area contributed by atoms with Crippen LogP contribution in [0.1, 0.15) is 32.6 Å². The number of aliphatic carboxylic acids is 1. The van der Waals surface area contributed by atoms with Crippen LogP contribution >= 0.6 is 0 Å². The molecule has 0 aromatic rings. The molecule has 0 aromatic heterocycles. The average Bonchev–Trinajstić information content (AvgIpc) is 2.03. The zero-order valence-electron chi connectivity index (χ0n) is 9.01. The van der Waals surface area contributed by atoms with Gasteiger partial charge in [-0.05, 0) is 39.4 Å². The number of hydrogen-bond acceptors (Lipinski definition) is 3. The fourth-order valence-electron chi connectivity index (χ4n) is 0.986. The van der Waals surface area contributed by atoms with Crippen molar-refractivity contribution in [2.75, 3.05) is 20.1 Å². The van der Waals surface area contributed by atoms with Crippen LogP contribution in [-0.4, -0.2) is 31.0 Å². The van der Waals surface area contributed by atoms with Gasteiger partial charge in [0.05, 0.1) is 0 Å². The predicted octanol–water partition coefficient (Wildman–Crippen LogP) is -2.75. The summed E-state index contributed by atoms with van der Waals surface area (Å²) in [6.07, 6.45) is 3.02. The van der Waals surface area contributed by atoms with E-state index in [1.165, 1.54) is 0 Å². The van der Waals surface area contributed by atoms with Gasteiger partial charge in [0.1, 0.15) is 0 Å². The maximum Gasteiger partial charge on any atom is 1.00 e. The summed E-state index contributed by atoms with van der Waals surface area (Å²) < 4.78 is 0. The number of hydrogen-bond donors (Lipinski definition) is 0. The largest absolute Gasteiger partial charge is 1.00 e. The summed E-state index contributed by atoms with van der Waals surface area (Å²) >= 11 is 0. The minimum Gasteiger partial charge on any atom is -0.550 e. The standard InChI is InChI=1S/C9H19NO2.K/c1-3-10(2)8-6-4-5-7-9(11)12;/h3-8H2,1-2H3,(H,11,12);/q;+1/p-1. The van der Waals surface area contributed by atoms with Crippen molar-refractivity contribution in [1.29, 1.82) is 0 Å². The summed E-state index contributed by atoms with van der Waals surface area (Å²) in [7, 11) is 2.07. The van der Waals surface area contributed by atoms with Gasteiger partial charge in [-0.1, -0.05) is 13.3 Å². The van der Waals surface area contributed by atoms with E-state index >= 15 is 0 Å². The Kier molecular flexibility index (Phi) is 14.1. The summed E-state index contributed by atoms with van der Waals surface area (Å²) in [4.78, 5) is 12.3. The van der Waals surface area contributed by atoms with Crippen LogP contribution < -0.4 is 56.5 Å². The number of carbonyl (C=O) groups is 1. The number of rotatable bonds is 7. The van der Waals surface area contributed by atoms with Gasteiger partial charge in [0.2, 0.25) is 0 Å². The van der Waals surface area contributed by atoms with E-state index in [1.807, 2.05) is 0 Å². The third-order valence-corrected chi connectivity index (χ3v) is 1.96. The first-order chi connectivity index (χ1) is 5.66. The summed E-state index contributed by atoms with van der Waals surface area (Å²) in [6, 6.07) is 0. The van der Waals surface area contributed by atoms with Crippen molar-refractivity contribution in [1.82, 2.24) is 4.90 Å². The topological polar surface area (TPSA) is 43.4 Å². The fraction of sp³-hybridized carbons (Fsp3) is 0.889. The molecule has 0 saturated carbocycles. The maximum atomic E-state index is 10.0. The van der Waals surface area contributed by atoms with E-state index in [0.29, 0.717) is 0 Å². The zero-order valence-corrected chi connectivity index (χ0v) is 12.1. The van der Waals surface area contributed by atoms with E-state index in [1.54, 1.807) is 0 Å². The molecule has 0 fully saturated rings. The molecule has 0 aliphatic carbocycles. The van der Waals surface area contributed by atoms with Gasteiger partial charge >= 0.3 is 51.4 Å². The monoisotopic (exact) mass is 211 g/mol. The van der Waals surface area contributed by atoms with E-state index in [9.17, 15) is 9.90 Å². The molecule has 0 saturated heterocycles. The van der Waals surface area contributed by atoms with Gasteiger partial charge in [-0.3, -0.25) is 0 Å². The fourth-order valence-corrected chi connectivity index (χ4v) is 0.986. The zero-order chi connectivity index (χ0) is 9.40. The van der Waals surface area contributed by atoms with Crippen LogP contribution in [0.3, 0.4) is 0 Å². The van der Waals surface area contributed by atoms with Crippen molar-refractivity contribution in [3.8, 4) is 0 Å². The Bertz CT molecular complexity index is 131. The molecular formula is C9H18KNO2. The maximum absolute atomic E-state index is 10.0. The van der Waals surface area contributed by atoms with Crippen LogP contribution in [0.25, 0.3) is 0 Å². The van der Waals surface area contributed by atoms with Gasteiger partial charge in [-0.2, -0.15) is 0 Å². The predicted molar refractivity (Wildman–Crippen MR) is 46.6 cm³/mol. The summed E-state index contributed by atoms with van der Waals surface area (Å²) in [5.41, 5.74) is 0. The quantitative estimate of drug-likeness (QED) is 0.339. The third kappa shape index (κ3) is 13.1.